The van der Waals surface area contributed by atoms with Crippen LogP contribution in [0.5, 0.6) is 0 Å². The third-order valence-electron chi connectivity index (χ3n) is 11.6. The average Bonchev–Trinajstić information content (AvgIpc) is 3.25. The minimum Gasteiger partial charge on any atom is -0.462 e. The van der Waals surface area contributed by atoms with Crippen LogP contribution in [0.1, 0.15) is 206 Å². The molecule has 0 saturated heterocycles. The van der Waals surface area contributed by atoms with Crippen LogP contribution in [0.4, 0.5) is 0 Å². The van der Waals surface area contributed by atoms with Crippen molar-refractivity contribution in [2.75, 3.05) is 13.2 Å². The van der Waals surface area contributed by atoms with Crippen LogP contribution >= 0.6 is 23.5 Å². The Morgan fingerprint density at radius 2 is 0.821 bits per heavy atom. The molecule has 0 spiro atoms. The van der Waals surface area contributed by atoms with Gasteiger partial charge in [0.2, 0.25) is 0 Å². The summed E-state index contributed by atoms with van der Waals surface area (Å²) in [7, 11) is -16.6. The third kappa shape index (κ3) is 34.0. The number of unbranched alkanes of at least 4 members (excludes halogenated alkanes) is 25. The molecule has 1 fully saturated rings. The summed E-state index contributed by atoms with van der Waals surface area (Å²) >= 11 is 0. The van der Waals surface area contributed by atoms with Crippen LogP contribution in [-0.2, 0) is 50.9 Å². The minimum absolute atomic E-state index is 0.00777. The maximum absolute atomic E-state index is 13.1. The van der Waals surface area contributed by atoms with Crippen molar-refractivity contribution in [1.29, 1.82) is 0 Å². The first-order valence-electron chi connectivity index (χ1n) is 25.0. The lowest BCUT2D eigenvalue weighted by Crippen LogP contribution is -2.65. The van der Waals surface area contributed by atoms with Crippen molar-refractivity contribution in [3.8, 4) is 0 Å². The van der Waals surface area contributed by atoms with Gasteiger partial charge in [0.05, 0.1) is 6.61 Å². The molecule has 8 atom stereocenters. The molecule has 0 heterocycles. The number of aliphatic hydroxyl groups excluding tert-OH is 3. The van der Waals surface area contributed by atoms with Gasteiger partial charge in [-0.25, -0.2) is 13.7 Å². The first kappa shape index (κ1) is 63.9. The fraction of sp³-hybridized carbons (Fsp3) is 0.911. The molecule has 19 nitrogen and oxygen atoms in total. The molecule has 1 saturated carbocycles. The Morgan fingerprint density at radius 1 is 0.463 bits per heavy atom. The van der Waals surface area contributed by atoms with Gasteiger partial charge in [0.15, 0.2) is 6.10 Å². The SMILES string of the molecule is CCCCCCCC/C=C\CCCCCCCC(=O)O[C@H](COC(=O)CCCCCCCCCCCCCCCCC)COP(=O)(O)O[C@H]1C(O)C(O)C(OP(=O)(O)O)[C@@H](OP(=O)(O)O)C1O. The fourth-order valence-electron chi connectivity index (χ4n) is 7.81. The standard InChI is InChI=1S/C45H87O19P3/c1-3-5-7-9-11-13-15-17-19-21-23-25-27-29-31-33-38(46)59-35-37(61-39(47)34-32-30-28-26-24-22-20-18-16-14-12-10-8-6-4-2)36-60-67(57,58)64-43-40(48)41(49)44(62-65(51,52)53)45(42(43)50)63-66(54,55)56/h18,20,37,40-45,48-50H,3-17,19,21-36H2,1-2H3,(H,57,58)(H2,51,52,53)(H2,54,55,56)/b20-18-/t37-,40?,41?,42?,43+,44?,45+/m1/s1. The summed E-state index contributed by atoms with van der Waals surface area (Å²) in [5.74, 6) is -1.30. The predicted octanol–water partition coefficient (Wildman–Crippen LogP) is 9.29. The van der Waals surface area contributed by atoms with Gasteiger partial charge in [0, 0.05) is 12.8 Å². The van der Waals surface area contributed by atoms with E-state index in [-0.39, 0.29) is 12.8 Å². The van der Waals surface area contributed by atoms with Gasteiger partial charge in [0.25, 0.3) is 0 Å². The molecule has 5 unspecified atom stereocenters. The molecule has 22 heteroatoms. The summed E-state index contributed by atoms with van der Waals surface area (Å²) in [5, 5.41) is 31.9. The smallest absolute Gasteiger partial charge is 0.462 e. The zero-order chi connectivity index (χ0) is 50.0. The molecule has 67 heavy (non-hydrogen) atoms. The molecule has 0 bridgehead atoms. The Kier molecular flexibility index (Phi) is 35.9. The van der Waals surface area contributed by atoms with Gasteiger partial charge in [-0.05, 0) is 38.5 Å². The summed E-state index contributed by atoms with van der Waals surface area (Å²) in [6.45, 7) is 2.95. The maximum atomic E-state index is 13.1. The Labute approximate surface area is 399 Å². The van der Waals surface area contributed by atoms with E-state index < -0.39 is 91.3 Å². The molecule has 0 aliphatic heterocycles. The van der Waals surface area contributed by atoms with E-state index in [0.717, 1.165) is 64.2 Å². The Hall–Kier alpha value is -1.11. The van der Waals surface area contributed by atoms with Crippen LogP contribution in [0.2, 0.25) is 0 Å². The number of carbonyl (C=O) groups excluding carboxylic acids is 2. The number of carbonyl (C=O) groups is 2. The number of rotatable bonds is 43. The molecular weight excluding hydrogens is 937 g/mol. The van der Waals surface area contributed by atoms with E-state index in [2.05, 4.69) is 35.0 Å². The van der Waals surface area contributed by atoms with Crippen molar-refractivity contribution in [3.05, 3.63) is 12.2 Å². The van der Waals surface area contributed by atoms with Gasteiger partial charge in [-0.1, -0.05) is 167 Å². The topological polar surface area (TPSA) is 303 Å². The molecule has 1 aliphatic carbocycles. The number of ether oxygens (including phenoxy) is 2. The summed E-state index contributed by atoms with van der Waals surface area (Å²) in [5.41, 5.74) is 0. The van der Waals surface area contributed by atoms with Gasteiger partial charge >= 0.3 is 35.4 Å². The average molecular weight is 1030 g/mol. The molecule has 0 radical (unpaired) electrons. The van der Waals surface area contributed by atoms with Gasteiger partial charge in [-0.2, -0.15) is 0 Å². The van der Waals surface area contributed by atoms with Crippen LogP contribution in [0.25, 0.3) is 0 Å². The van der Waals surface area contributed by atoms with Crippen molar-refractivity contribution in [3.63, 3.8) is 0 Å². The van der Waals surface area contributed by atoms with E-state index in [4.69, 9.17) is 18.5 Å². The number of hydrogen-bond donors (Lipinski definition) is 8. The third-order valence-corrected chi connectivity index (χ3v) is 13.6. The van der Waals surface area contributed by atoms with Gasteiger partial charge in [-0.3, -0.25) is 27.7 Å². The molecule has 0 amide bonds. The molecule has 1 rings (SSSR count). The highest BCUT2D eigenvalue weighted by molar-refractivity contribution is 7.47. The number of hydrogen-bond acceptors (Lipinski definition) is 14. The van der Waals surface area contributed by atoms with Crippen molar-refractivity contribution >= 4 is 35.4 Å². The summed E-state index contributed by atoms with van der Waals surface area (Å²) in [6.07, 6.45) is 19.4. The van der Waals surface area contributed by atoms with Crippen molar-refractivity contribution < 1.29 is 90.6 Å². The van der Waals surface area contributed by atoms with Crippen LogP contribution in [0, 0.1) is 0 Å². The lowest BCUT2D eigenvalue weighted by molar-refractivity contribution is -0.213. The van der Waals surface area contributed by atoms with Gasteiger partial charge < -0.3 is 49.3 Å². The molecule has 0 aromatic rings. The summed E-state index contributed by atoms with van der Waals surface area (Å²) in [4.78, 5) is 73.2. The van der Waals surface area contributed by atoms with Crippen LogP contribution in [0.15, 0.2) is 12.2 Å². The Morgan fingerprint density at radius 3 is 1.24 bits per heavy atom. The predicted molar refractivity (Wildman–Crippen MR) is 252 cm³/mol. The zero-order valence-electron chi connectivity index (χ0n) is 40.2. The lowest BCUT2D eigenvalue weighted by atomic mass is 9.85. The Balaban J connectivity index is 2.71. The highest BCUT2D eigenvalue weighted by atomic mass is 31.2. The van der Waals surface area contributed by atoms with Crippen molar-refractivity contribution in [2.24, 2.45) is 0 Å². The maximum Gasteiger partial charge on any atom is 0.472 e. The van der Waals surface area contributed by atoms with Crippen LogP contribution < -0.4 is 0 Å². The highest BCUT2D eigenvalue weighted by Gasteiger charge is 2.56. The van der Waals surface area contributed by atoms with E-state index in [0.29, 0.717) is 12.8 Å². The van der Waals surface area contributed by atoms with Crippen LogP contribution in [-0.4, -0.2) is 108 Å². The first-order chi connectivity index (χ1) is 31.8. The summed E-state index contributed by atoms with van der Waals surface area (Å²) < 4.78 is 65.5. The highest BCUT2D eigenvalue weighted by Crippen LogP contribution is 2.51. The monoisotopic (exact) mass is 1020 g/mol. The van der Waals surface area contributed by atoms with Gasteiger partial charge in [0.1, 0.15) is 43.2 Å². The number of phosphoric ester groups is 3. The van der Waals surface area contributed by atoms with E-state index in [1.807, 2.05) is 0 Å². The minimum atomic E-state index is -5.60. The second-order valence-electron chi connectivity index (χ2n) is 17.8. The zero-order valence-corrected chi connectivity index (χ0v) is 42.9. The second kappa shape index (κ2) is 37.6. The largest absolute Gasteiger partial charge is 0.472 e. The number of aliphatic hydroxyl groups is 3. The van der Waals surface area contributed by atoms with E-state index in [1.165, 1.54) is 103 Å². The molecule has 396 valence electrons. The molecule has 1 aliphatic rings. The molecule has 0 aromatic carbocycles. The van der Waals surface area contributed by atoms with E-state index in [9.17, 15) is 63.1 Å². The Bertz CT molecular complexity index is 1460. The lowest BCUT2D eigenvalue weighted by Gasteiger charge is -2.44. The normalized spacial score (nSPS) is 21.6. The molecular formula is C45H87O19P3. The first-order valence-corrected chi connectivity index (χ1v) is 29.5. The van der Waals surface area contributed by atoms with Crippen LogP contribution in [0.3, 0.4) is 0 Å². The number of esters is 2. The summed E-state index contributed by atoms with van der Waals surface area (Å²) in [6, 6.07) is 0. The van der Waals surface area contributed by atoms with Crippen molar-refractivity contribution in [1.82, 2.24) is 0 Å². The number of allylic oxidation sites excluding steroid dienone is 2. The fourth-order valence-corrected chi connectivity index (χ4v) is 9.91. The number of phosphoric acid groups is 3. The molecule has 0 aromatic heterocycles. The molecule has 8 N–H and O–H groups in total. The van der Waals surface area contributed by atoms with Crippen molar-refractivity contribution in [2.45, 2.75) is 249 Å². The quantitative estimate of drug-likeness (QED) is 0.0122. The second-order valence-corrected chi connectivity index (χ2v) is 21.5. The van der Waals surface area contributed by atoms with E-state index >= 15 is 0 Å². The van der Waals surface area contributed by atoms with Gasteiger partial charge in [-0.15, -0.1) is 0 Å². The van der Waals surface area contributed by atoms with E-state index in [1.54, 1.807) is 0 Å².